The number of hydrogen-bond donors (Lipinski definition) is 1. The quantitative estimate of drug-likeness (QED) is 0.941. The van der Waals surface area contributed by atoms with Crippen LogP contribution in [0.4, 0.5) is 8.78 Å². The number of halogens is 2. The van der Waals surface area contributed by atoms with E-state index in [9.17, 15) is 13.6 Å². The number of rotatable bonds is 4. The molecule has 0 radical (unpaired) electrons. The largest absolute Gasteiger partial charge is 0.361 e. The Bertz CT molecular complexity index is 668. The van der Waals surface area contributed by atoms with Crippen molar-refractivity contribution < 1.29 is 18.1 Å². The van der Waals surface area contributed by atoms with Gasteiger partial charge in [0.2, 0.25) is 0 Å². The van der Waals surface area contributed by atoms with Crippen LogP contribution in [0.1, 0.15) is 47.3 Å². The molecule has 0 aliphatic rings. The van der Waals surface area contributed by atoms with Crippen molar-refractivity contribution in [1.82, 2.24) is 10.5 Å². The summed E-state index contributed by atoms with van der Waals surface area (Å²) in [4.78, 5) is 12.3. The highest BCUT2D eigenvalue weighted by Gasteiger charge is 2.21. The van der Waals surface area contributed by atoms with Crippen molar-refractivity contribution in [3.8, 4) is 0 Å². The summed E-state index contributed by atoms with van der Waals surface area (Å²) in [6, 6.07) is 3.08. The average Bonchev–Trinajstić information content (AvgIpc) is 2.82. The van der Waals surface area contributed by atoms with E-state index in [1.165, 1.54) is 6.07 Å². The fourth-order valence-corrected chi connectivity index (χ4v) is 2.08. The first-order chi connectivity index (χ1) is 9.93. The van der Waals surface area contributed by atoms with Crippen LogP contribution in [0.3, 0.4) is 0 Å². The molecular weight excluding hydrogens is 278 g/mol. The van der Waals surface area contributed by atoms with Gasteiger partial charge in [0.05, 0.1) is 11.7 Å². The second kappa shape index (κ2) is 6.03. The minimum absolute atomic E-state index is 0.345. The van der Waals surface area contributed by atoms with Crippen LogP contribution in [-0.4, -0.2) is 11.1 Å². The third kappa shape index (κ3) is 3.09. The van der Waals surface area contributed by atoms with E-state index in [1.54, 1.807) is 13.8 Å². The zero-order chi connectivity index (χ0) is 15.6. The third-order valence-electron chi connectivity index (χ3n) is 3.29. The van der Waals surface area contributed by atoms with Crippen LogP contribution in [-0.2, 0) is 6.42 Å². The van der Waals surface area contributed by atoms with Crippen molar-refractivity contribution in [2.75, 3.05) is 0 Å². The van der Waals surface area contributed by atoms with Gasteiger partial charge in [0.15, 0.2) is 11.6 Å². The number of amides is 1. The summed E-state index contributed by atoms with van der Waals surface area (Å²) in [5.41, 5.74) is 1.45. The van der Waals surface area contributed by atoms with Gasteiger partial charge in [-0.3, -0.25) is 4.79 Å². The highest BCUT2D eigenvalue weighted by Crippen LogP contribution is 2.19. The predicted molar refractivity (Wildman–Crippen MR) is 72.9 cm³/mol. The normalized spacial score (nSPS) is 12.2. The van der Waals surface area contributed by atoms with Crippen LogP contribution in [0.5, 0.6) is 0 Å². The summed E-state index contributed by atoms with van der Waals surface area (Å²) >= 11 is 0. The molecule has 1 heterocycles. The third-order valence-corrected chi connectivity index (χ3v) is 3.29. The van der Waals surface area contributed by atoms with E-state index in [2.05, 4.69) is 10.5 Å². The van der Waals surface area contributed by atoms with Crippen molar-refractivity contribution >= 4 is 5.91 Å². The standard InChI is InChI=1S/C15H16F2N2O2/c1-4-13-14(9(3)21-19-13)15(20)18-8(2)10-5-6-11(16)12(17)7-10/h5-8H,4H2,1-3H3,(H,18,20). The van der Waals surface area contributed by atoms with Crippen LogP contribution < -0.4 is 5.32 Å². The topological polar surface area (TPSA) is 55.1 Å². The molecule has 1 amide bonds. The molecular formula is C15H16F2N2O2. The molecule has 1 unspecified atom stereocenters. The van der Waals surface area contributed by atoms with Gasteiger partial charge in [0, 0.05) is 0 Å². The first-order valence-corrected chi connectivity index (χ1v) is 6.65. The number of benzene rings is 1. The van der Waals surface area contributed by atoms with E-state index < -0.39 is 17.7 Å². The molecule has 0 saturated heterocycles. The Hall–Kier alpha value is -2.24. The molecule has 0 aliphatic heterocycles. The number of hydrogen-bond acceptors (Lipinski definition) is 3. The smallest absolute Gasteiger partial charge is 0.257 e. The van der Waals surface area contributed by atoms with Gasteiger partial charge < -0.3 is 9.84 Å². The van der Waals surface area contributed by atoms with Crippen molar-refractivity contribution in [2.45, 2.75) is 33.2 Å². The van der Waals surface area contributed by atoms with Gasteiger partial charge in [-0.15, -0.1) is 0 Å². The van der Waals surface area contributed by atoms with E-state index >= 15 is 0 Å². The second-order valence-electron chi connectivity index (χ2n) is 4.78. The number of nitrogens with one attached hydrogen (secondary N) is 1. The summed E-state index contributed by atoms with van der Waals surface area (Å²) in [5, 5.41) is 6.55. The SMILES string of the molecule is CCc1noc(C)c1C(=O)NC(C)c1ccc(F)c(F)c1. The van der Waals surface area contributed by atoms with Gasteiger partial charge in [-0.25, -0.2) is 8.78 Å². The number of carbonyl (C=O) groups is 1. The highest BCUT2D eigenvalue weighted by molar-refractivity contribution is 5.96. The van der Waals surface area contributed by atoms with Gasteiger partial charge in [0.1, 0.15) is 11.3 Å². The fourth-order valence-electron chi connectivity index (χ4n) is 2.08. The predicted octanol–water partition coefficient (Wildman–Crippen LogP) is 3.31. The molecule has 112 valence electrons. The molecule has 6 heteroatoms. The molecule has 1 atom stereocenters. The Labute approximate surface area is 121 Å². The molecule has 1 N–H and O–H groups in total. The van der Waals surface area contributed by atoms with Crippen LogP contribution in [0.25, 0.3) is 0 Å². The average molecular weight is 294 g/mol. The summed E-state index contributed by atoms with van der Waals surface area (Å²) in [6.45, 7) is 5.22. The molecule has 21 heavy (non-hydrogen) atoms. The van der Waals surface area contributed by atoms with E-state index in [0.29, 0.717) is 29.0 Å². The zero-order valence-corrected chi connectivity index (χ0v) is 12.0. The molecule has 2 aromatic rings. The number of aromatic nitrogens is 1. The maximum absolute atomic E-state index is 13.2. The second-order valence-corrected chi connectivity index (χ2v) is 4.78. The lowest BCUT2D eigenvalue weighted by molar-refractivity contribution is 0.0937. The van der Waals surface area contributed by atoms with Gasteiger partial charge in [-0.05, 0) is 38.0 Å². The van der Waals surface area contributed by atoms with Crippen molar-refractivity contribution in [3.05, 3.63) is 52.4 Å². The van der Waals surface area contributed by atoms with Gasteiger partial charge >= 0.3 is 0 Å². The minimum Gasteiger partial charge on any atom is -0.361 e. The number of aryl methyl sites for hydroxylation is 2. The molecule has 1 aromatic carbocycles. The van der Waals surface area contributed by atoms with Crippen LogP contribution in [0, 0.1) is 18.6 Å². The molecule has 0 bridgehead atoms. The lowest BCUT2D eigenvalue weighted by Gasteiger charge is -2.14. The summed E-state index contributed by atoms with van der Waals surface area (Å²) < 4.78 is 31.1. The Morgan fingerprint density at radius 1 is 1.38 bits per heavy atom. The Morgan fingerprint density at radius 3 is 2.71 bits per heavy atom. The first kappa shape index (κ1) is 15.2. The van der Waals surface area contributed by atoms with E-state index in [4.69, 9.17) is 4.52 Å². The lowest BCUT2D eigenvalue weighted by Crippen LogP contribution is -2.27. The Kier molecular flexibility index (Phi) is 4.35. The van der Waals surface area contributed by atoms with Crippen LogP contribution in [0.15, 0.2) is 22.7 Å². The van der Waals surface area contributed by atoms with Crippen molar-refractivity contribution in [2.24, 2.45) is 0 Å². The van der Waals surface area contributed by atoms with Crippen molar-refractivity contribution in [1.29, 1.82) is 0 Å². The molecule has 2 rings (SSSR count). The van der Waals surface area contributed by atoms with E-state index in [1.807, 2.05) is 6.92 Å². The molecule has 1 aromatic heterocycles. The van der Waals surface area contributed by atoms with Crippen LogP contribution in [0.2, 0.25) is 0 Å². The van der Waals surface area contributed by atoms with Gasteiger partial charge in [0.25, 0.3) is 5.91 Å². The maximum Gasteiger partial charge on any atom is 0.257 e. The molecule has 0 saturated carbocycles. The maximum atomic E-state index is 13.2. The summed E-state index contributed by atoms with van der Waals surface area (Å²) in [6.07, 6.45) is 0.569. The van der Waals surface area contributed by atoms with Crippen LogP contribution >= 0.6 is 0 Å². The van der Waals surface area contributed by atoms with Gasteiger partial charge in [-0.2, -0.15) is 0 Å². The Balaban J connectivity index is 2.18. The first-order valence-electron chi connectivity index (χ1n) is 6.65. The number of nitrogens with zero attached hydrogens (tertiary/aromatic N) is 1. The highest BCUT2D eigenvalue weighted by atomic mass is 19.2. The zero-order valence-electron chi connectivity index (χ0n) is 12.0. The molecule has 4 nitrogen and oxygen atoms in total. The van der Waals surface area contributed by atoms with E-state index in [0.717, 1.165) is 12.1 Å². The Morgan fingerprint density at radius 2 is 2.10 bits per heavy atom. The summed E-state index contributed by atoms with van der Waals surface area (Å²) in [7, 11) is 0. The number of carbonyl (C=O) groups excluding carboxylic acids is 1. The van der Waals surface area contributed by atoms with Gasteiger partial charge in [-0.1, -0.05) is 18.1 Å². The van der Waals surface area contributed by atoms with E-state index in [-0.39, 0.29) is 5.91 Å². The molecule has 0 spiro atoms. The lowest BCUT2D eigenvalue weighted by atomic mass is 10.1. The molecule has 0 fully saturated rings. The monoisotopic (exact) mass is 294 g/mol. The minimum atomic E-state index is -0.941. The fraction of sp³-hybridized carbons (Fsp3) is 0.333. The van der Waals surface area contributed by atoms with Crippen molar-refractivity contribution in [3.63, 3.8) is 0 Å². The molecule has 0 aliphatic carbocycles. The summed E-state index contributed by atoms with van der Waals surface area (Å²) in [5.74, 6) is -1.77.